The molecular formula is C21H28N2O5. The Morgan fingerprint density at radius 1 is 1.00 bits per heavy atom. The third-order valence-corrected chi connectivity index (χ3v) is 5.85. The lowest BCUT2D eigenvalue weighted by molar-refractivity contribution is -0.227. The molecule has 0 amide bonds. The molecule has 0 radical (unpaired) electrons. The third-order valence-electron chi connectivity index (χ3n) is 5.85. The second-order valence-electron chi connectivity index (χ2n) is 9.05. The van der Waals surface area contributed by atoms with Crippen molar-refractivity contribution in [3.63, 3.8) is 0 Å². The Bertz CT molecular complexity index is 823. The molecule has 4 heterocycles. The smallest absolute Gasteiger partial charge is 0.190 e. The minimum absolute atomic E-state index is 0.235. The number of nitrogens with zero attached hydrogens (tertiary/aromatic N) is 1. The molecule has 4 aliphatic heterocycles. The van der Waals surface area contributed by atoms with E-state index in [4.69, 9.17) is 28.7 Å². The molecule has 0 aliphatic carbocycles. The van der Waals surface area contributed by atoms with Gasteiger partial charge in [-0.25, -0.2) is 0 Å². The lowest BCUT2D eigenvalue weighted by Gasteiger charge is -2.40. The van der Waals surface area contributed by atoms with Crippen molar-refractivity contribution in [3.8, 4) is 0 Å². The van der Waals surface area contributed by atoms with Crippen molar-refractivity contribution < 1.29 is 23.7 Å². The van der Waals surface area contributed by atoms with Crippen molar-refractivity contribution in [2.45, 2.75) is 82.8 Å². The van der Waals surface area contributed by atoms with Crippen LogP contribution >= 0.6 is 0 Å². The Hall–Kier alpha value is -1.51. The molecular weight excluding hydrogens is 360 g/mol. The highest BCUT2D eigenvalue weighted by atomic mass is 16.8. The summed E-state index contributed by atoms with van der Waals surface area (Å²) in [5.74, 6) is -1.35. The first-order chi connectivity index (χ1) is 13.2. The number of rotatable bonds is 1. The van der Waals surface area contributed by atoms with Crippen LogP contribution in [0.2, 0.25) is 0 Å². The Morgan fingerprint density at radius 3 is 2.54 bits per heavy atom. The number of ether oxygens (including phenoxy) is 5. The summed E-state index contributed by atoms with van der Waals surface area (Å²) < 4.78 is 30.9. The third kappa shape index (κ3) is 2.88. The van der Waals surface area contributed by atoms with Crippen molar-refractivity contribution in [1.82, 2.24) is 0 Å². The number of aliphatic imine (C=N–C) groups is 1. The number of benzene rings is 1. The standard InChI is InChI=1S/C21H28N2O5/c1-12-10-21(23-14-9-7-6-8-13(14)22-12)16(15-11-24-19(2,3)26-15)25-18-17(21)27-20(4,5)28-18/h6-9,15-18,23H,10-11H2,1-5H3/t15-,16+,17-,18-,21-/m0/s1. The summed E-state index contributed by atoms with van der Waals surface area (Å²) in [4.78, 5) is 4.83. The summed E-state index contributed by atoms with van der Waals surface area (Å²) >= 11 is 0. The lowest BCUT2D eigenvalue weighted by atomic mass is 9.80. The topological polar surface area (TPSA) is 70.5 Å². The van der Waals surface area contributed by atoms with E-state index in [1.165, 1.54) is 0 Å². The van der Waals surface area contributed by atoms with E-state index in [0.717, 1.165) is 17.1 Å². The Morgan fingerprint density at radius 2 is 1.79 bits per heavy atom. The maximum atomic E-state index is 6.44. The van der Waals surface area contributed by atoms with Crippen LogP contribution in [0.1, 0.15) is 41.0 Å². The van der Waals surface area contributed by atoms with Gasteiger partial charge >= 0.3 is 0 Å². The minimum Gasteiger partial charge on any atom is -0.372 e. The normalized spacial score (nSPS) is 40.5. The molecule has 5 rings (SSSR count). The summed E-state index contributed by atoms with van der Waals surface area (Å²) in [5, 5.41) is 3.75. The predicted molar refractivity (Wildman–Crippen MR) is 104 cm³/mol. The van der Waals surface area contributed by atoms with E-state index >= 15 is 0 Å². The number of hydrogen-bond donors (Lipinski definition) is 1. The molecule has 7 nitrogen and oxygen atoms in total. The monoisotopic (exact) mass is 388 g/mol. The molecule has 0 saturated carbocycles. The van der Waals surface area contributed by atoms with E-state index < -0.39 is 23.4 Å². The molecule has 3 saturated heterocycles. The first-order valence-electron chi connectivity index (χ1n) is 9.92. The van der Waals surface area contributed by atoms with Gasteiger partial charge in [0.1, 0.15) is 23.9 Å². The number of anilines is 1. The van der Waals surface area contributed by atoms with Crippen molar-refractivity contribution in [1.29, 1.82) is 0 Å². The first kappa shape index (κ1) is 18.5. The quantitative estimate of drug-likeness (QED) is 0.796. The highest BCUT2D eigenvalue weighted by molar-refractivity contribution is 5.90. The van der Waals surface area contributed by atoms with E-state index in [1.54, 1.807) is 0 Å². The van der Waals surface area contributed by atoms with Crippen LogP contribution in [0.3, 0.4) is 0 Å². The van der Waals surface area contributed by atoms with Gasteiger partial charge in [0.15, 0.2) is 17.9 Å². The van der Waals surface area contributed by atoms with Gasteiger partial charge in [-0.05, 0) is 46.8 Å². The molecule has 1 aromatic rings. The van der Waals surface area contributed by atoms with E-state index in [9.17, 15) is 0 Å². The fourth-order valence-electron chi connectivity index (χ4n) is 4.87. The van der Waals surface area contributed by atoms with Gasteiger partial charge in [-0.2, -0.15) is 0 Å². The predicted octanol–water partition coefficient (Wildman–Crippen LogP) is 3.36. The van der Waals surface area contributed by atoms with E-state index in [0.29, 0.717) is 13.0 Å². The van der Waals surface area contributed by atoms with Crippen LogP contribution in [0.5, 0.6) is 0 Å². The van der Waals surface area contributed by atoms with Gasteiger partial charge in [-0.3, -0.25) is 4.99 Å². The molecule has 5 atom stereocenters. The largest absolute Gasteiger partial charge is 0.372 e. The average Bonchev–Trinajstić information content (AvgIpc) is 3.15. The zero-order chi connectivity index (χ0) is 19.7. The molecule has 152 valence electrons. The van der Waals surface area contributed by atoms with Gasteiger partial charge in [0, 0.05) is 12.1 Å². The molecule has 7 heteroatoms. The molecule has 3 fully saturated rings. The fourth-order valence-corrected chi connectivity index (χ4v) is 4.87. The molecule has 0 aromatic heterocycles. The zero-order valence-electron chi connectivity index (χ0n) is 17.0. The van der Waals surface area contributed by atoms with E-state index in [2.05, 4.69) is 5.32 Å². The Kier molecular flexibility index (Phi) is 3.97. The lowest BCUT2D eigenvalue weighted by Crippen LogP contribution is -2.59. The highest BCUT2D eigenvalue weighted by Gasteiger charge is 2.67. The average molecular weight is 388 g/mol. The summed E-state index contributed by atoms with van der Waals surface area (Å²) in [6, 6.07) is 8.06. The molecule has 4 aliphatic rings. The number of para-hydroxylation sites is 2. The van der Waals surface area contributed by atoms with Gasteiger partial charge in [0.2, 0.25) is 0 Å². The molecule has 1 spiro atoms. The van der Waals surface area contributed by atoms with Crippen molar-refractivity contribution in [2.75, 3.05) is 11.9 Å². The maximum Gasteiger partial charge on any atom is 0.190 e. The number of nitrogens with one attached hydrogen (secondary N) is 1. The van der Waals surface area contributed by atoms with Crippen LogP contribution in [0.15, 0.2) is 29.3 Å². The van der Waals surface area contributed by atoms with Crippen molar-refractivity contribution in [3.05, 3.63) is 24.3 Å². The molecule has 28 heavy (non-hydrogen) atoms. The molecule has 1 aromatic carbocycles. The Labute approximate surface area is 165 Å². The van der Waals surface area contributed by atoms with Crippen LogP contribution < -0.4 is 5.32 Å². The van der Waals surface area contributed by atoms with E-state index in [1.807, 2.05) is 58.9 Å². The fraction of sp³-hybridized carbons (Fsp3) is 0.667. The Balaban J connectivity index is 1.59. The second kappa shape index (κ2) is 6.00. The van der Waals surface area contributed by atoms with Gasteiger partial charge in [-0.15, -0.1) is 0 Å². The first-order valence-corrected chi connectivity index (χ1v) is 9.92. The van der Waals surface area contributed by atoms with Crippen LogP contribution in [-0.2, 0) is 23.7 Å². The highest BCUT2D eigenvalue weighted by Crippen LogP contribution is 2.50. The van der Waals surface area contributed by atoms with Gasteiger partial charge in [-0.1, -0.05) is 12.1 Å². The van der Waals surface area contributed by atoms with Gasteiger partial charge < -0.3 is 29.0 Å². The second-order valence-corrected chi connectivity index (χ2v) is 9.05. The summed E-state index contributed by atoms with van der Waals surface area (Å²) in [5.41, 5.74) is 2.31. The van der Waals surface area contributed by atoms with Crippen LogP contribution in [0, 0.1) is 0 Å². The molecule has 0 unspecified atom stereocenters. The van der Waals surface area contributed by atoms with Crippen LogP contribution in [-0.4, -0.2) is 54.0 Å². The van der Waals surface area contributed by atoms with Crippen molar-refractivity contribution in [2.24, 2.45) is 4.99 Å². The molecule has 1 N–H and O–H groups in total. The van der Waals surface area contributed by atoms with Crippen LogP contribution in [0.4, 0.5) is 11.4 Å². The molecule has 0 bridgehead atoms. The van der Waals surface area contributed by atoms with Gasteiger partial charge in [0.05, 0.1) is 18.0 Å². The maximum absolute atomic E-state index is 6.44. The summed E-state index contributed by atoms with van der Waals surface area (Å²) in [6.45, 7) is 10.2. The summed E-state index contributed by atoms with van der Waals surface area (Å²) in [7, 11) is 0. The zero-order valence-corrected chi connectivity index (χ0v) is 17.0. The van der Waals surface area contributed by atoms with Crippen LogP contribution in [0.25, 0.3) is 0 Å². The van der Waals surface area contributed by atoms with Crippen molar-refractivity contribution >= 4 is 17.1 Å². The van der Waals surface area contributed by atoms with E-state index in [-0.39, 0.29) is 18.3 Å². The number of hydrogen-bond acceptors (Lipinski definition) is 7. The SMILES string of the molecule is CC1=Nc2ccccc2N[C@@]2(C1)[C@@H]([C@@H]1COC(C)(C)O1)O[C@H]1OC(C)(C)O[C@@H]12. The number of fused-ring (bicyclic) bond motifs is 3. The van der Waals surface area contributed by atoms with Gasteiger partial charge in [0.25, 0.3) is 0 Å². The minimum atomic E-state index is -0.710. The summed E-state index contributed by atoms with van der Waals surface area (Å²) in [6.07, 6.45) is -0.653.